The monoisotopic (exact) mass is 341 g/mol. The highest BCUT2D eigenvalue weighted by Gasteiger charge is 2.32. The van der Waals surface area contributed by atoms with Crippen molar-refractivity contribution in [2.75, 3.05) is 6.54 Å². The Morgan fingerprint density at radius 2 is 1.60 bits per heavy atom. The molecule has 0 heterocycles. The molecule has 0 aromatic heterocycles. The summed E-state index contributed by atoms with van der Waals surface area (Å²) in [7, 11) is 0. The van der Waals surface area contributed by atoms with Crippen molar-refractivity contribution in [2.45, 2.75) is 32.5 Å². The van der Waals surface area contributed by atoms with E-state index in [4.69, 9.17) is 4.74 Å². The molecule has 0 N–H and O–H groups in total. The van der Waals surface area contributed by atoms with Crippen LogP contribution in [0.3, 0.4) is 0 Å². The number of carbonyl (C=O) groups is 1. The minimum Gasteiger partial charge on any atom is -0.366 e. The molecule has 0 saturated heterocycles. The summed E-state index contributed by atoms with van der Waals surface area (Å²) in [6.45, 7) is 3.51. The zero-order valence-electron chi connectivity index (χ0n) is 14.5. The minimum absolute atomic E-state index is 0.119. The Hall–Kier alpha value is -2.53. The molecule has 2 aromatic carbocycles. The van der Waals surface area contributed by atoms with Crippen LogP contribution < -0.4 is 0 Å². The van der Waals surface area contributed by atoms with Gasteiger partial charge in [0, 0.05) is 10.8 Å². The molecular weight excluding hydrogens is 318 g/mol. The summed E-state index contributed by atoms with van der Waals surface area (Å²) in [4.78, 5) is 23.4. The van der Waals surface area contributed by atoms with E-state index in [0.29, 0.717) is 6.61 Å². The van der Waals surface area contributed by atoms with Crippen LogP contribution in [0.25, 0.3) is 0 Å². The van der Waals surface area contributed by atoms with Gasteiger partial charge < -0.3 is 4.74 Å². The van der Waals surface area contributed by atoms with Gasteiger partial charge in [0.1, 0.15) is 6.10 Å². The highest BCUT2D eigenvalue weighted by molar-refractivity contribution is 5.85. The molecule has 2 aromatic rings. The second kappa shape index (κ2) is 9.08. The van der Waals surface area contributed by atoms with Crippen molar-refractivity contribution in [2.24, 2.45) is 5.92 Å². The van der Waals surface area contributed by atoms with Crippen LogP contribution in [-0.2, 0) is 16.1 Å². The second-order valence-corrected chi connectivity index (χ2v) is 6.16. The number of ether oxygens (including phenoxy) is 1. The molecule has 0 unspecified atom stereocenters. The Labute approximate surface area is 147 Å². The van der Waals surface area contributed by atoms with Gasteiger partial charge in [0.2, 0.25) is 6.54 Å². The number of Topliss-reactive ketones (excluding diaryl/α,β-unsaturated/α-hetero) is 1. The largest absolute Gasteiger partial charge is 0.366 e. The summed E-state index contributed by atoms with van der Waals surface area (Å²) in [5.41, 5.74) is 1.79. The Kier molecular flexibility index (Phi) is 6.83. The molecule has 5 nitrogen and oxygen atoms in total. The van der Waals surface area contributed by atoms with E-state index in [1.807, 2.05) is 60.7 Å². The van der Waals surface area contributed by atoms with Gasteiger partial charge >= 0.3 is 0 Å². The molecule has 2 rings (SSSR count). The molecule has 0 bridgehead atoms. The lowest BCUT2D eigenvalue weighted by Gasteiger charge is -2.23. The predicted molar refractivity (Wildman–Crippen MR) is 95.9 cm³/mol. The predicted octanol–water partition coefficient (Wildman–Crippen LogP) is 3.86. The highest BCUT2D eigenvalue weighted by Crippen LogP contribution is 2.27. The normalized spacial score (nSPS) is 14.5. The minimum atomic E-state index is -0.617. The molecular formula is C20H23NO4. The van der Waals surface area contributed by atoms with E-state index in [1.165, 1.54) is 0 Å². The molecule has 0 fully saturated rings. The first-order chi connectivity index (χ1) is 12.0. The highest BCUT2D eigenvalue weighted by atomic mass is 16.6. The topological polar surface area (TPSA) is 69.4 Å². The average molecular weight is 341 g/mol. The van der Waals surface area contributed by atoms with Crippen LogP contribution in [0, 0.1) is 16.0 Å². The number of carbonyl (C=O) groups excluding carboxylic acids is 1. The summed E-state index contributed by atoms with van der Waals surface area (Å²) in [5, 5.41) is 11.1. The van der Waals surface area contributed by atoms with Crippen molar-refractivity contribution < 1.29 is 14.5 Å². The number of rotatable bonds is 9. The lowest BCUT2D eigenvalue weighted by molar-refractivity contribution is -0.484. The maximum absolute atomic E-state index is 12.7. The maximum Gasteiger partial charge on any atom is 0.211 e. The van der Waals surface area contributed by atoms with Crippen molar-refractivity contribution in [3.05, 3.63) is 81.9 Å². The summed E-state index contributed by atoms with van der Waals surface area (Å²) in [6.07, 6.45) is -0.617. The van der Waals surface area contributed by atoms with Crippen molar-refractivity contribution in [1.29, 1.82) is 0 Å². The fraction of sp³-hybridized carbons (Fsp3) is 0.350. The second-order valence-electron chi connectivity index (χ2n) is 6.16. The zero-order chi connectivity index (χ0) is 18.2. The van der Waals surface area contributed by atoms with Gasteiger partial charge in [-0.2, -0.15) is 0 Å². The lowest BCUT2D eigenvalue weighted by Crippen LogP contribution is -2.33. The van der Waals surface area contributed by atoms with Crippen LogP contribution >= 0.6 is 0 Å². The van der Waals surface area contributed by atoms with Gasteiger partial charge in [0.15, 0.2) is 5.78 Å². The van der Waals surface area contributed by atoms with Gasteiger partial charge in [0.05, 0.1) is 12.5 Å². The van der Waals surface area contributed by atoms with Crippen molar-refractivity contribution in [3.8, 4) is 0 Å². The maximum atomic E-state index is 12.7. The number of nitro groups is 1. The number of benzene rings is 2. The van der Waals surface area contributed by atoms with Gasteiger partial charge in [-0.15, -0.1) is 0 Å². The van der Waals surface area contributed by atoms with Gasteiger partial charge in [-0.1, -0.05) is 67.6 Å². The Morgan fingerprint density at radius 3 is 2.16 bits per heavy atom. The van der Waals surface area contributed by atoms with Crippen LogP contribution in [0.1, 0.15) is 30.9 Å². The summed E-state index contributed by atoms with van der Waals surface area (Å²) in [6, 6.07) is 18.8. The molecule has 5 heteroatoms. The Morgan fingerprint density at radius 1 is 1.04 bits per heavy atom. The average Bonchev–Trinajstić information content (AvgIpc) is 2.64. The first-order valence-electron chi connectivity index (χ1n) is 8.35. The molecule has 3 atom stereocenters. The smallest absolute Gasteiger partial charge is 0.211 e. The SMILES string of the molecule is C[C@H](OCc1ccccc1)C(=O)[C@@H](C)[C@@H](C[N+](=O)[O-])c1ccccc1. The van der Waals surface area contributed by atoms with Gasteiger partial charge in [-0.3, -0.25) is 14.9 Å². The zero-order valence-corrected chi connectivity index (χ0v) is 14.5. The van der Waals surface area contributed by atoms with Crippen LogP contribution in [0.4, 0.5) is 0 Å². The molecule has 0 saturated carbocycles. The van der Waals surface area contributed by atoms with Crippen molar-refractivity contribution >= 4 is 5.78 Å². The third kappa shape index (κ3) is 5.50. The van der Waals surface area contributed by atoms with E-state index in [1.54, 1.807) is 13.8 Å². The first-order valence-corrected chi connectivity index (χ1v) is 8.35. The van der Waals surface area contributed by atoms with E-state index in [0.717, 1.165) is 11.1 Å². The molecule has 25 heavy (non-hydrogen) atoms. The van der Waals surface area contributed by atoms with Gasteiger partial charge in [0.25, 0.3) is 0 Å². The van der Waals surface area contributed by atoms with E-state index >= 15 is 0 Å². The fourth-order valence-electron chi connectivity index (χ4n) is 2.86. The Balaban J connectivity index is 2.05. The fourth-order valence-corrected chi connectivity index (χ4v) is 2.86. The molecule has 0 aliphatic rings. The van der Waals surface area contributed by atoms with Crippen LogP contribution in [0.15, 0.2) is 60.7 Å². The van der Waals surface area contributed by atoms with Crippen LogP contribution in [0.5, 0.6) is 0 Å². The van der Waals surface area contributed by atoms with Crippen LogP contribution in [-0.4, -0.2) is 23.4 Å². The number of hydrogen-bond acceptors (Lipinski definition) is 4. The van der Waals surface area contributed by atoms with Crippen molar-refractivity contribution in [3.63, 3.8) is 0 Å². The summed E-state index contributed by atoms with van der Waals surface area (Å²) >= 11 is 0. The standard InChI is InChI=1S/C20H23NO4/c1-15(19(13-21(23)24)18-11-7-4-8-12-18)20(22)16(2)25-14-17-9-5-3-6-10-17/h3-12,15-16,19H,13-14H2,1-2H3/t15-,16-,19+/m0/s1. The van der Waals surface area contributed by atoms with E-state index in [-0.39, 0.29) is 17.3 Å². The van der Waals surface area contributed by atoms with Gasteiger partial charge in [-0.25, -0.2) is 0 Å². The Bertz CT molecular complexity index is 687. The number of ketones is 1. The third-order valence-electron chi connectivity index (χ3n) is 4.37. The number of nitrogens with zero attached hydrogens (tertiary/aromatic N) is 1. The van der Waals surface area contributed by atoms with Crippen molar-refractivity contribution in [1.82, 2.24) is 0 Å². The van der Waals surface area contributed by atoms with E-state index in [9.17, 15) is 14.9 Å². The van der Waals surface area contributed by atoms with E-state index < -0.39 is 17.9 Å². The first kappa shape index (κ1) is 18.8. The summed E-state index contributed by atoms with van der Waals surface area (Å²) in [5.74, 6) is -1.09. The summed E-state index contributed by atoms with van der Waals surface area (Å²) < 4.78 is 5.68. The molecule has 0 aliphatic carbocycles. The molecule has 132 valence electrons. The quantitative estimate of drug-likeness (QED) is 0.513. The molecule has 0 spiro atoms. The molecule has 0 aliphatic heterocycles. The molecule has 0 radical (unpaired) electrons. The third-order valence-corrected chi connectivity index (χ3v) is 4.37. The van der Waals surface area contributed by atoms with Gasteiger partial charge in [-0.05, 0) is 18.1 Å². The molecule has 0 amide bonds. The van der Waals surface area contributed by atoms with E-state index in [2.05, 4.69) is 0 Å². The van der Waals surface area contributed by atoms with Crippen LogP contribution in [0.2, 0.25) is 0 Å². The number of hydrogen-bond donors (Lipinski definition) is 0. The lowest BCUT2D eigenvalue weighted by atomic mass is 9.83.